The summed E-state index contributed by atoms with van der Waals surface area (Å²) < 4.78 is 47.6. The van der Waals surface area contributed by atoms with Crippen molar-refractivity contribution in [3.63, 3.8) is 0 Å². The molecule has 1 aromatic carbocycles. The van der Waals surface area contributed by atoms with Gasteiger partial charge in [0.15, 0.2) is 5.75 Å². The van der Waals surface area contributed by atoms with Crippen molar-refractivity contribution in [1.82, 2.24) is 0 Å². The van der Waals surface area contributed by atoms with Crippen molar-refractivity contribution in [1.29, 1.82) is 0 Å². The molecule has 0 aliphatic carbocycles. The van der Waals surface area contributed by atoms with Crippen LogP contribution in [0, 0.1) is 6.39 Å². The second kappa shape index (κ2) is 3.65. The molecule has 96 valence electrons. The van der Waals surface area contributed by atoms with Gasteiger partial charge in [-0.25, -0.2) is 0 Å². The number of hydrogen-bond donors (Lipinski definition) is 1. The van der Waals surface area contributed by atoms with Crippen LogP contribution in [0.2, 0.25) is 0 Å². The molecule has 5 nitrogen and oxygen atoms in total. The van der Waals surface area contributed by atoms with Gasteiger partial charge >= 0.3 is 30.1 Å². The molecule has 2 heterocycles. The number of benzene rings is 1. The van der Waals surface area contributed by atoms with Crippen LogP contribution in [0.15, 0.2) is 22.6 Å². The van der Waals surface area contributed by atoms with Crippen molar-refractivity contribution in [3.8, 4) is 11.6 Å². The number of carbonyl (C=O) groups excluding carboxylic acids is 1. The second-order valence-electron chi connectivity index (χ2n) is 3.70. The van der Waals surface area contributed by atoms with Crippen LogP contribution in [-0.4, -0.2) is 5.91 Å². The summed E-state index contributed by atoms with van der Waals surface area (Å²) in [5.74, 6) is -1.09. The standard InChI is InChI=1S/C11H3F3N2O3/c12-11(13,14)5-1-2-7-6(3-5)16-9(17)8-10(19-7)15-4-18-8/h1-3H/p+1. The maximum Gasteiger partial charge on any atom is 0.560 e. The lowest BCUT2D eigenvalue weighted by molar-refractivity contribution is -0.311. The van der Waals surface area contributed by atoms with Gasteiger partial charge in [0.2, 0.25) is 0 Å². The normalized spacial score (nSPS) is 13.5. The van der Waals surface area contributed by atoms with Gasteiger partial charge in [0, 0.05) is 0 Å². The molecular weight excluding hydrogens is 265 g/mol. The number of ether oxygens (including phenoxy) is 1. The Labute approximate surface area is 104 Å². The van der Waals surface area contributed by atoms with Crippen LogP contribution in [0.4, 0.5) is 18.9 Å². The number of nitrogens with one attached hydrogen (secondary N) is 1. The number of anilines is 1. The van der Waals surface area contributed by atoms with E-state index in [0.717, 1.165) is 18.2 Å². The maximum absolute atomic E-state index is 12.6. The molecule has 0 spiro atoms. The van der Waals surface area contributed by atoms with Crippen LogP contribution in [0.1, 0.15) is 16.1 Å². The average molecular weight is 269 g/mol. The Morgan fingerprint density at radius 3 is 2.84 bits per heavy atom. The van der Waals surface area contributed by atoms with Crippen molar-refractivity contribution in [2.75, 3.05) is 5.32 Å². The van der Waals surface area contributed by atoms with Gasteiger partial charge in [-0.2, -0.15) is 13.2 Å². The molecule has 1 amide bonds. The SMILES string of the molecule is O=C1Nc2cc(C(F)(F)F)ccc2Oc2[n+]#coc21. The van der Waals surface area contributed by atoms with Gasteiger partial charge in [0.1, 0.15) is 0 Å². The quantitative estimate of drug-likeness (QED) is 0.795. The van der Waals surface area contributed by atoms with Gasteiger partial charge < -0.3 is 14.5 Å². The summed E-state index contributed by atoms with van der Waals surface area (Å²) >= 11 is 0. The number of nitrogens with zero attached hydrogens (tertiary/aromatic N) is 1. The minimum Gasteiger partial charge on any atom is -0.386 e. The molecule has 8 heteroatoms. The van der Waals surface area contributed by atoms with E-state index in [-0.39, 0.29) is 23.1 Å². The zero-order valence-corrected chi connectivity index (χ0v) is 9.04. The molecule has 0 fully saturated rings. The number of halogens is 3. The number of rotatable bonds is 0. The first-order valence-electron chi connectivity index (χ1n) is 5.02. The molecule has 1 aromatic heterocycles. The molecular formula is C11H4F3N2O3+. The van der Waals surface area contributed by atoms with E-state index in [1.807, 2.05) is 0 Å². The maximum atomic E-state index is 12.6. The highest BCUT2D eigenvalue weighted by Crippen LogP contribution is 2.38. The minimum absolute atomic E-state index is 0.0439. The van der Waals surface area contributed by atoms with Crippen LogP contribution in [-0.2, 0) is 6.18 Å². The van der Waals surface area contributed by atoms with Crippen molar-refractivity contribution >= 4 is 11.6 Å². The van der Waals surface area contributed by atoms with Crippen molar-refractivity contribution in [2.45, 2.75) is 6.18 Å². The number of alkyl halides is 3. The summed E-state index contributed by atoms with van der Waals surface area (Å²) in [6.07, 6.45) is -2.44. The molecule has 0 atom stereocenters. The third-order valence-corrected chi connectivity index (χ3v) is 2.46. The Balaban J connectivity index is 2.08. The van der Waals surface area contributed by atoms with Gasteiger partial charge in [0.05, 0.1) is 16.2 Å². The Hall–Kier alpha value is -2.69. The second-order valence-corrected chi connectivity index (χ2v) is 3.70. The summed E-state index contributed by atoms with van der Waals surface area (Å²) in [5, 5.41) is 2.26. The van der Waals surface area contributed by atoms with E-state index in [4.69, 9.17) is 4.74 Å². The summed E-state index contributed by atoms with van der Waals surface area (Å²) in [7, 11) is 0. The Kier molecular flexibility index (Phi) is 2.19. The first-order chi connectivity index (χ1) is 8.95. The van der Waals surface area contributed by atoms with Gasteiger partial charge in [-0.3, -0.25) is 4.79 Å². The minimum atomic E-state index is -4.51. The zero-order chi connectivity index (χ0) is 13.6. The third kappa shape index (κ3) is 1.85. The Bertz CT molecular complexity index is 663. The van der Waals surface area contributed by atoms with E-state index >= 15 is 0 Å². The molecule has 0 bridgehead atoms. The van der Waals surface area contributed by atoms with Gasteiger partial charge in [0.25, 0.3) is 0 Å². The lowest BCUT2D eigenvalue weighted by Gasteiger charge is -2.10. The highest BCUT2D eigenvalue weighted by Gasteiger charge is 2.36. The lowest BCUT2D eigenvalue weighted by atomic mass is 10.2. The zero-order valence-electron chi connectivity index (χ0n) is 9.04. The fourth-order valence-corrected chi connectivity index (χ4v) is 1.59. The van der Waals surface area contributed by atoms with Crippen molar-refractivity contribution in [3.05, 3.63) is 35.9 Å². The molecule has 0 saturated carbocycles. The third-order valence-electron chi connectivity index (χ3n) is 2.46. The number of carbonyl (C=O) groups is 1. The van der Waals surface area contributed by atoms with Gasteiger partial charge in [-0.15, -0.1) is 0 Å². The molecule has 0 unspecified atom stereocenters. The molecule has 0 saturated heterocycles. The first kappa shape index (κ1) is 11.4. The number of hydrogen-bond acceptors (Lipinski definition) is 3. The summed E-state index contributed by atoms with van der Waals surface area (Å²) in [6, 6.07) is 2.73. The largest absolute Gasteiger partial charge is 0.560 e. The van der Waals surface area contributed by atoms with E-state index in [1.165, 1.54) is 0 Å². The monoisotopic (exact) mass is 269 g/mol. The summed E-state index contributed by atoms with van der Waals surface area (Å²) in [6.45, 7) is 0. The van der Waals surface area contributed by atoms with Crippen LogP contribution in [0.3, 0.4) is 0 Å². The molecule has 1 N–H and O–H groups in total. The molecule has 1 aliphatic rings. The lowest BCUT2D eigenvalue weighted by Crippen LogP contribution is -2.11. The summed E-state index contributed by atoms with van der Waals surface area (Å²) in [4.78, 5) is 15.2. The van der Waals surface area contributed by atoms with Crippen LogP contribution >= 0.6 is 0 Å². The number of fused-ring (bicyclic) bond motifs is 2. The average Bonchev–Trinajstić information content (AvgIpc) is 2.73. The Morgan fingerprint density at radius 1 is 1.32 bits per heavy atom. The summed E-state index contributed by atoms with van der Waals surface area (Å²) in [5.41, 5.74) is -0.999. The van der Waals surface area contributed by atoms with Crippen molar-refractivity contribution in [2.24, 2.45) is 0 Å². The van der Waals surface area contributed by atoms with E-state index < -0.39 is 17.6 Å². The molecule has 19 heavy (non-hydrogen) atoms. The topological polar surface area (TPSA) is 65.6 Å². The fourth-order valence-electron chi connectivity index (χ4n) is 1.59. The van der Waals surface area contributed by atoms with Gasteiger partial charge in [-0.05, 0) is 18.2 Å². The van der Waals surface area contributed by atoms with Gasteiger partial charge in [-0.1, -0.05) is 0 Å². The highest BCUT2D eigenvalue weighted by atomic mass is 19.4. The molecule has 3 rings (SSSR count). The molecule has 0 radical (unpaired) electrons. The molecule has 2 aromatic rings. The van der Waals surface area contributed by atoms with E-state index in [0.29, 0.717) is 0 Å². The van der Waals surface area contributed by atoms with Crippen LogP contribution in [0.5, 0.6) is 11.6 Å². The predicted molar refractivity (Wildman–Crippen MR) is 52.6 cm³/mol. The van der Waals surface area contributed by atoms with E-state index in [2.05, 4.69) is 21.1 Å². The van der Waals surface area contributed by atoms with Crippen LogP contribution in [0.25, 0.3) is 0 Å². The van der Waals surface area contributed by atoms with E-state index in [9.17, 15) is 18.0 Å². The number of aromatic nitrogens is 1. The van der Waals surface area contributed by atoms with E-state index in [1.54, 1.807) is 0 Å². The fraction of sp³-hybridized carbons (Fsp3) is 0.0909. The Morgan fingerprint density at radius 2 is 2.11 bits per heavy atom. The number of amides is 1. The first-order valence-corrected chi connectivity index (χ1v) is 5.02. The molecule has 1 aliphatic heterocycles. The predicted octanol–water partition coefficient (Wildman–Crippen LogP) is 2.06. The highest BCUT2D eigenvalue weighted by molar-refractivity contribution is 6.05. The van der Waals surface area contributed by atoms with Crippen LogP contribution < -0.4 is 15.0 Å². The smallest absolute Gasteiger partial charge is 0.386 e. The van der Waals surface area contributed by atoms with Crippen molar-refractivity contribution < 1.29 is 32.1 Å².